The molecular formula is C79H99Cl3F3N15O20S6. The molecule has 3 aromatic carbocycles. The van der Waals surface area contributed by atoms with Gasteiger partial charge in [0, 0.05) is 168 Å². The lowest BCUT2D eigenvalue weighted by Gasteiger charge is -2.38. The molecule has 6 aliphatic rings. The van der Waals surface area contributed by atoms with Crippen LogP contribution in [0.15, 0.2) is 138 Å². The molecule has 12 rings (SSSR count). The number of amides is 2. The number of allylic oxidation sites excluding steroid dienone is 3. The van der Waals surface area contributed by atoms with Gasteiger partial charge in [-0.1, -0.05) is 53.0 Å². The fourth-order valence-corrected chi connectivity index (χ4v) is 20.2. The number of benzene rings is 3. The number of aliphatic imine (C=N–C) groups is 3. The number of aliphatic hydroxyl groups is 1. The third-order valence-electron chi connectivity index (χ3n) is 19.6. The number of amidine groups is 3. The van der Waals surface area contributed by atoms with E-state index in [4.69, 9.17) is 88.0 Å². The van der Waals surface area contributed by atoms with E-state index in [0.29, 0.717) is 116 Å². The van der Waals surface area contributed by atoms with E-state index in [2.05, 4.69) is 40.4 Å². The number of hydrogen-bond donors (Lipinski definition) is 6. The molecule has 3 unspecified atom stereocenters. The molecule has 3 fully saturated rings. The molecule has 688 valence electrons. The zero-order chi connectivity index (χ0) is 92.2. The van der Waals surface area contributed by atoms with Crippen molar-refractivity contribution in [1.29, 1.82) is 0 Å². The van der Waals surface area contributed by atoms with Gasteiger partial charge < -0.3 is 59.0 Å². The van der Waals surface area contributed by atoms with Crippen molar-refractivity contribution in [3.63, 3.8) is 0 Å². The third-order valence-corrected chi connectivity index (χ3v) is 27.9. The molecule has 3 atom stereocenters. The summed E-state index contributed by atoms with van der Waals surface area (Å²) in [7, 11) is -3.86. The molecule has 2 amide bonds. The number of nitrogens with one attached hydrogen (secondary N) is 5. The summed E-state index contributed by atoms with van der Waals surface area (Å²) in [6.07, 6.45) is 4.92. The Morgan fingerprint density at radius 1 is 0.500 bits per heavy atom. The lowest BCUT2D eigenvalue weighted by atomic mass is 9.86. The molecule has 6 N–H and O–H groups in total. The summed E-state index contributed by atoms with van der Waals surface area (Å²) in [6, 6.07) is 8.90. The molecule has 3 saturated heterocycles. The average Bonchev–Trinajstić information content (AvgIpc) is 0.995. The molecule has 47 heteroatoms. The number of aliphatic hydroxyl groups excluding tert-OH is 1. The minimum Gasteiger partial charge on any atom is -0.466 e. The van der Waals surface area contributed by atoms with Gasteiger partial charge in [0.1, 0.15) is 46.8 Å². The smallest absolute Gasteiger partial charge is 0.425 e. The van der Waals surface area contributed by atoms with Crippen LogP contribution < -0.4 is 25.4 Å². The van der Waals surface area contributed by atoms with Crippen LogP contribution in [0.3, 0.4) is 0 Å². The first-order chi connectivity index (χ1) is 59.7. The van der Waals surface area contributed by atoms with Crippen molar-refractivity contribution in [2.75, 3.05) is 121 Å². The normalized spacial score (nSPS) is 18.5. The van der Waals surface area contributed by atoms with E-state index < -0.39 is 108 Å². The highest BCUT2D eigenvalue weighted by atomic mass is 35.5. The highest BCUT2D eigenvalue weighted by molar-refractivity contribution is 7.88. The molecule has 9 heterocycles. The first-order valence-electron chi connectivity index (χ1n) is 39.1. The number of carbonyl (C=O) groups excluding carboxylic acids is 5. The van der Waals surface area contributed by atoms with E-state index in [1.165, 1.54) is 121 Å². The number of rotatable bonds is 26. The number of piperidine rings is 3. The lowest BCUT2D eigenvalue weighted by Crippen LogP contribution is -2.52. The molecule has 126 heavy (non-hydrogen) atoms. The molecule has 6 aromatic rings. The maximum atomic E-state index is 14.0. The van der Waals surface area contributed by atoms with Gasteiger partial charge in [-0.05, 0) is 116 Å². The van der Waals surface area contributed by atoms with Crippen LogP contribution in [-0.2, 0) is 82.9 Å². The van der Waals surface area contributed by atoms with Crippen LogP contribution >= 0.6 is 68.8 Å². The van der Waals surface area contributed by atoms with Crippen LogP contribution in [0.1, 0.15) is 130 Å². The molecule has 3 aromatic heterocycles. The number of thiazole rings is 3. The Labute approximate surface area is 755 Å². The molecule has 0 bridgehead atoms. The fourth-order valence-electron chi connectivity index (χ4n) is 13.9. The number of halogens is 6. The Morgan fingerprint density at radius 2 is 0.833 bits per heavy atom. The van der Waals surface area contributed by atoms with Crippen molar-refractivity contribution in [2.45, 2.75) is 109 Å². The highest BCUT2D eigenvalue weighted by Crippen LogP contribution is 2.45. The largest absolute Gasteiger partial charge is 0.466 e. The third kappa shape index (κ3) is 26.5. The predicted molar refractivity (Wildman–Crippen MR) is 468 cm³/mol. The quantitative estimate of drug-likeness (QED) is 0.0167. The van der Waals surface area contributed by atoms with E-state index in [1.54, 1.807) is 83.4 Å². The van der Waals surface area contributed by atoms with Crippen molar-refractivity contribution < 1.29 is 105 Å². The Morgan fingerprint density at radius 3 is 1.12 bits per heavy atom. The average molecular weight is 1930 g/mol. The van der Waals surface area contributed by atoms with Gasteiger partial charge in [-0.15, -0.1) is 34.0 Å². The Hall–Kier alpha value is -8.68. The van der Waals surface area contributed by atoms with Crippen LogP contribution in [0, 0.1) is 35.2 Å². The monoisotopic (exact) mass is 1930 g/mol. The molecule has 0 spiro atoms. The van der Waals surface area contributed by atoms with Crippen LogP contribution in [0.4, 0.5) is 22.8 Å². The van der Waals surface area contributed by atoms with Crippen molar-refractivity contribution >= 4 is 147 Å². The van der Waals surface area contributed by atoms with Crippen molar-refractivity contribution in [2.24, 2.45) is 32.7 Å². The van der Waals surface area contributed by atoms with Gasteiger partial charge >= 0.3 is 50.5 Å². The second-order valence-corrected chi connectivity index (χ2v) is 39.5. The predicted octanol–water partition coefficient (Wildman–Crippen LogP) is 10.5. The molecule has 0 saturated carbocycles. The Balaban J connectivity index is 0.000000208. The topological polar surface area (TPSA) is 431 Å². The summed E-state index contributed by atoms with van der Waals surface area (Å²) < 4.78 is 169. The van der Waals surface area contributed by atoms with Gasteiger partial charge in [0.2, 0.25) is 0 Å². The number of nitrogens with zero attached hydrogens (tertiary/aromatic N) is 10. The van der Waals surface area contributed by atoms with E-state index in [0.717, 1.165) is 16.4 Å². The summed E-state index contributed by atoms with van der Waals surface area (Å²) >= 11 is 23.3. The van der Waals surface area contributed by atoms with Gasteiger partial charge in [-0.2, -0.15) is 47.2 Å². The summed E-state index contributed by atoms with van der Waals surface area (Å²) in [6.45, 7) is 11.3. The van der Waals surface area contributed by atoms with Crippen molar-refractivity contribution in [3.8, 4) is 0 Å². The second kappa shape index (κ2) is 45.5. The lowest BCUT2D eigenvalue weighted by molar-refractivity contribution is -0.137. The van der Waals surface area contributed by atoms with Gasteiger partial charge in [-0.3, -0.25) is 15.0 Å². The number of hydrogen-bond acceptors (Lipinski definition) is 32. The molecule has 35 nitrogen and oxygen atoms in total. The maximum absolute atomic E-state index is 14.0. The molecule has 0 radical (unpaired) electrons. The first-order valence-corrected chi connectivity index (χ1v) is 47.2. The van der Waals surface area contributed by atoms with Gasteiger partial charge in [0.05, 0.1) is 71.0 Å². The Bertz CT molecular complexity index is 5370. The number of methoxy groups -OCH3 is 6. The van der Waals surface area contributed by atoms with Gasteiger partial charge in [0.15, 0.2) is 32.5 Å². The summed E-state index contributed by atoms with van der Waals surface area (Å²) in [5.41, 5.74) is 1.63. The minimum atomic E-state index is -4.27. The van der Waals surface area contributed by atoms with E-state index in [-0.39, 0.29) is 122 Å². The van der Waals surface area contributed by atoms with Crippen LogP contribution in [0.5, 0.6) is 0 Å². The van der Waals surface area contributed by atoms with Gasteiger partial charge in [-0.25, -0.2) is 56.8 Å². The van der Waals surface area contributed by atoms with Crippen LogP contribution in [0.25, 0.3) is 0 Å². The van der Waals surface area contributed by atoms with Crippen molar-refractivity contribution in [1.82, 2.24) is 57.6 Å². The minimum absolute atomic E-state index is 0.0135. The van der Waals surface area contributed by atoms with Crippen LogP contribution in [0.2, 0.25) is 15.1 Å². The summed E-state index contributed by atoms with van der Waals surface area (Å²) in [5, 5.41) is 25.1. The van der Waals surface area contributed by atoms with E-state index in [9.17, 15) is 62.4 Å². The van der Waals surface area contributed by atoms with E-state index >= 15 is 0 Å². The highest BCUT2D eigenvalue weighted by Gasteiger charge is 2.45. The van der Waals surface area contributed by atoms with Crippen LogP contribution in [-0.4, -0.2) is 243 Å². The second-order valence-electron chi connectivity index (χ2n) is 30.3. The van der Waals surface area contributed by atoms with Crippen molar-refractivity contribution in [3.05, 3.63) is 187 Å². The molecule has 0 aliphatic carbocycles. The standard InChI is InChI=1S/C28H35ClFN5O7S2.C25H29ClFN5O6S2.C23H27ClFN5O5S2.C3H8O2/c1-28(2,3)42-27(37)35(13-14-40-4)44(38,39)34-11-8-17(9-12-34)22-21(26(36)41-5)23(19-7-6-18(30)16-20(19)29)33-24(32-22)25-31-10-15-43-25;1-25(2,3)38-24(34)31-40(35,36)32-10-7-14(8-11-32)19-18(23(33)37-4)20(16-6-5-15(27)13-17(16)26)30-21(29-19)22-28-9-12-39-22;1-34-11-7-27-37(32,33)30-9-5-14(6-10-30)19-18(23(31)35-2)20(16-4-3-15(25)13-17(16)24)29-21(28-19)22-26-8-12-36-22;1-5-3-2-4/h6-7,10,15-17,23H,8-9,11-14H2,1-5H3,(H,32,33);5-6,9,12-14,20H,7-8,10-11H2,1-4H3,(H,29,30)(H,31,34);3-4,8,12-14,20,27H,5-7,9-11H2,1-2H3,(H,28,29);4H,2-3H2,1H3. The zero-order valence-electron chi connectivity index (χ0n) is 70.7. The maximum Gasteiger partial charge on any atom is 0.425 e. The van der Waals surface area contributed by atoms with E-state index in [1.807, 2.05) is 4.72 Å². The summed E-state index contributed by atoms with van der Waals surface area (Å²) in [5.74, 6) is -3.14. The number of esters is 3. The first kappa shape index (κ1) is 101. The SMILES string of the molecule is COC(=O)C1=C(C2CCN(S(=O)(=O)NC(=O)OC(C)(C)C)CC2)NC(c2nccs2)=NC1c1ccc(F)cc1Cl.COCCN(C(=O)OC(C)(C)C)S(=O)(=O)N1CCC(C2=C(C(=O)OC)C(c3ccc(F)cc3Cl)N=C(c3nccs3)N2)CC1.COCCNS(=O)(=O)N1CCC(C2=C(C(=O)OC)C(c3ccc(F)cc3Cl)N=C(c3nccs3)N2)CC1.COCCO. The zero-order valence-corrected chi connectivity index (χ0v) is 77.9. The fraction of sp³-hybridized carbons (Fsp3) is 0.481. The van der Waals surface area contributed by atoms with Gasteiger partial charge in [0.25, 0.3) is 10.2 Å². The number of aromatic nitrogens is 3. The summed E-state index contributed by atoms with van der Waals surface area (Å²) in [4.78, 5) is 91.7. The number of carbonyl (C=O) groups is 5. The molecule has 6 aliphatic heterocycles. The Kier molecular flexibility index (Phi) is 36.5. The molecular weight excluding hydrogens is 1830 g/mol. The number of ether oxygens (including phenoxy) is 8.